The molecule has 0 aromatic heterocycles. The molecule has 0 heterocycles. The number of methoxy groups -OCH3 is 1. The van der Waals surface area contributed by atoms with Gasteiger partial charge in [-0.1, -0.05) is 56.1 Å². The van der Waals surface area contributed by atoms with E-state index in [2.05, 4.69) is 139 Å². The normalized spacial score (nSPS) is 10.8. The first-order valence-electron chi connectivity index (χ1n) is 13.7. The van der Waals surface area contributed by atoms with E-state index in [4.69, 9.17) is 4.74 Å². The van der Waals surface area contributed by atoms with Crippen LogP contribution in [0.15, 0.2) is 155 Å². The maximum atomic E-state index is 9.86. The number of rotatable bonds is 8. The van der Waals surface area contributed by atoms with Gasteiger partial charge in [0.15, 0.2) is 0 Å². The molecule has 0 spiro atoms. The van der Waals surface area contributed by atoms with Gasteiger partial charge in [0.1, 0.15) is 11.5 Å². The molecule has 212 valence electrons. The summed E-state index contributed by atoms with van der Waals surface area (Å²) in [5.74, 6) is 1.06. The second-order valence-corrected chi connectivity index (χ2v) is 11.8. The van der Waals surface area contributed by atoms with Crippen LogP contribution in [0.25, 0.3) is 11.1 Å². The van der Waals surface area contributed by atoms with Crippen LogP contribution >= 0.6 is 31.9 Å². The Morgan fingerprint density at radius 1 is 0.419 bits per heavy atom. The van der Waals surface area contributed by atoms with Gasteiger partial charge < -0.3 is 19.6 Å². The second-order valence-electron chi connectivity index (χ2n) is 9.93. The number of aromatic hydroxyl groups is 1. The molecule has 4 nitrogen and oxygen atoms in total. The van der Waals surface area contributed by atoms with E-state index in [-0.39, 0.29) is 5.75 Å². The monoisotopic (exact) mass is 690 g/mol. The minimum atomic E-state index is 0.240. The van der Waals surface area contributed by atoms with Crippen molar-refractivity contribution in [2.24, 2.45) is 0 Å². The third-order valence-electron chi connectivity index (χ3n) is 7.19. The van der Waals surface area contributed by atoms with Gasteiger partial charge >= 0.3 is 0 Å². The molecular weight excluding hydrogens is 664 g/mol. The quantitative estimate of drug-likeness (QED) is 0.172. The van der Waals surface area contributed by atoms with Crippen molar-refractivity contribution in [1.82, 2.24) is 0 Å². The minimum Gasteiger partial charge on any atom is -0.508 e. The fourth-order valence-electron chi connectivity index (χ4n) is 5.01. The first-order chi connectivity index (χ1) is 21.0. The molecule has 0 amide bonds. The predicted molar refractivity (Wildman–Crippen MR) is 185 cm³/mol. The molecule has 1 N–H and O–H groups in total. The standard InChI is InChI=1S/C37H28Br2N2O2/c1-43-37-24-20-35(21-25-37)41(33-16-8-29(39)9-17-33)31-12-4-27(5-13-31)26-2-10-30(11-3-26)40(32-14-6-28(38)7-15-32)34-18-22-36(42)23-19-34/h2-25,42H,1H3. The van der Waals surface area contributed by atoms with Crippen LogP contribution < -0.4 is 14.5 Å². The smallest absolute Gasteiger partial charge is 0.119 e. The van der Waals surface area contributed by atoms with Crippen LogP contribution in [-0.4, -0.2) is 12.2 Å². The molecule has 6 rings (SSSR count). The molecule has 6 aromatic rings. The van der Waals surface area contributed by atoms with Gasteiger partial charge in [0.2, 0.25) is 0 Å². The summed E-state index contributed by atoms with van der Waals surface area (Å²) in [6.07, 6.45) is 0. The van der Waals surface area contributed by atoms with Gasteiger partial charge in [-0.3, -0.25) is 0 Å². The molecule has 0 bridgehead atoms. The number of phenolic OH excluding ortho intramolecular Hbond substituents is 1. The van der Waals surface area contributed by atoms with E-state index in [1.165, 1.54) is 0 Å². The number of nitrogens with zero attached hydrogens (tertiary/aromatic N) is 2. The van der Waals surface area contributed by atoms with E-state index >= 15 is 0 Å². The summed E-state index contributed by atoms with van der Waals surface area (Å²) in [7, 11) is 1.68. The third kappa shape index (κ3) is 6.46. The lowest BCUT2D eigenvalue weighted by Gasteiger charge is -2.26. The zero-order chi connectivity index (χ0) is 29.8. The topological polar surface area (TPSA) is 35.9 Å². The van der Waals surface area contributed by atoms with Crippen molar-refractivity contribution < 1.29 is 9.84 Å². The highest BCUT2D eigenvalue weighted by Gasteiger charge is 2.15. The van der Waals surface area contributed by atoms with Gasteiger partial charge in [0.05, 0.1) is 7.11 Å². The molecule has 0 saturated carbocycles. The van der Waals surface area contributed by atoms with Crippen LogP contribution in [0.2, 0.25) is 0 Å². The Morgan fingerprint density at radius 2 is 0.698 bits per heavy atom. The van der Waals surface area contributed by atoms with Crippen LogP contribution in [0, 0.1) is 0 Å². The second kappa shape index (κ2) is 12.8. The Morgan fingerprint density at radius 3 is 1.02 bits per heavy atom. The fourth-order valence-corrected chi connectivity index (χ4v) is 5.54. The minimum absolute atomic E-state index is 0.240. The van der Waals surface area contributed by atoms with E-state index in [1.807, 2.05) is 36.4 Å². The highest BCUT2D eigenvalue weighted by Crippen LogP contribution is 2.39. The van der Waals surface area contributed by atoms with E-state index < -0.39 is 0 Å². The summed E-state index contributed by atoms with van der Waals surface area (Å²) < 4.78 is 7.44. The average Bonchev–Trinajstić information content (AvgIpc) is 3.05. The summed E-state index contributed by atoms with van der Waals surface area (Å²) in [6, 6.07) is 49.0. The van der Waals surface area contributed by atoms with Crippen molar-refractivity contribution >= 4 is 66.0 Å². The number of anilines is 6. The van der Waals surface area contributed by atoms with E-state index in [9.17, 15) is 5.11 Å². The lowest BCUT2D eigenvalue weighted by Crippen LogP contribution is -2.10. The number of halogens is 2. The van der Waals surface area contributed by atoms with Gasteiger partial charge in [0.25, 0.3) is 0 Å². The number of phenols is 1. The van der Waals surface area contributed by atoms with E-state index in [1.54, 1.807) is 19.2 Å². The molecule has 0 atom stereocenters. The van der Waals surface area contributed by atoms with E-state index in [0.717, 1.165) is 59.9 Å². The summed E-state index contributed by atoms with van der Waals surface area (Å²) in [4.78, 5) is 4.40. The molecule has 43 heavy (non-hydrogen) atoms. The largest absolute Gasteiger partial charge is 0.508 e. The van der Waals surface area contributed by atoms with Crippen molar-refractivity contribution in [2.75, 3.05) is 16.9 Å². The van der Waals surface area contributed by atoms with Crippen LogP contribution in [0.3, 0.4) is 0 Å². The molecule has 6 aromatic carbocycles. The molecule has 0 aliphatic heterocycles. The van der Waals surface area contributed by atoms with Crippen molar-refractivity contribution in [3.63, 3.8) is 0 Å². The summed E-state index contributed by atoms with van der Waals surface area (Å²) in [5.41, 5.74) is 8.42. The van der Waals surface area contributed by atoms with Gasteiger partial charge in [-0.15, -0.1) is 0 Å². The van der Waals surface area contributed by atoms with Crippen LogP contribution in [-0.2, 0) is 0 Å². The Hall–Kier alpha value is -4.52. The van der Waals surface area contributed by atoms with Crippen LogP contribution in [0.5, 0.6) is 11.5 Å². The Kier molecular flexibility index (Phi) is 8.50. The van der Waals surface area contributed by atoms with Gasteiger partial charge in [-0.05, 0) is 132 Å². The number of hydrogen-bond acceptors (Lipinski definition) is 4. The van der Waals surface area contributed by atoms with Crippen molar-refractivity contribution in [3.05, 3.63) is 155 Å². The zero-order valence-electron chi connectivity index (χ0n) is 23.4. The molecule has 0 saturated heterocycles. The first kappa shape index (κ1) is 28.6. The number of hydrogen-bond donors (Lipinski definition) is 1. The van der Waals surface area contributed by atoms with Gasteiger partial charge in [-0.2, -0.15) is 0 Å². The number of ether oxygens (including phenoxy) is 1. The van der Waals surface area contributed by atoms with Gasteiger partial charge in [0, 0.05) is 43.1 Å². The zero-order valence-corrected chi connectivity index (χ0v) is 26.5. The maximum absolute atomic E-state index is 9.86. The fraction of sp³-hybridized carbons (Fsp3) is 0.0270. The number of benzene rings is 6. The molecule has 0 radical (unpaired) electrons. The van der Waals surface area contributed by atoms with Crippen molar-refractivity contribution in [1.29, 1.82) is 0 Å². The first-order valence-corrected chi connectivity index (χ1v) is 15.3. The predicted octanol–water partition coefficient (Wildman–Crippen LogP) is 11.5. The Balaban J connectivity index is 1.31. The molecule has 0 unspecified atom stereocenters. The molecule has 0 aliphatic carbocycles. The summed E-state index contributed by atoms with van der Waals surface area (Å²) >= 11 is 7.10. The highest BCUT2D eigenvalue weighted by molar-refractivity contribution is 9.10. The molecule has 0 fully saturated rings. The lowest BCUT2D eigenvalue weighted by molar-refractivity contribution is 0.415. The van der Waals surface area contributed by atoms with Crippen molar-refractivity contribution in [2.45, 2.75) is 0 Å². The highest BCUT2D eigenvalue weighted by atomic mass is 79.9. The van der Waals surface area contributed by atoms with Crippen LogP contribution in [0.1, 0.15) is 0 Å². The van der Waals surface area contributed by atoms with E-state index in [0.29, 0.717) is 0 Å². The molecular formula is C37H28Br2N2O2. The SMILES string of the molecule is COc1ccc(N(c2ccc(Br)cc2)c2ccc(-c3ccc(N(c4ccc(O)cc4)c4ccc(Br)cc4)cc3)cc2)cc1. The summed E-state index contributed by atoms with van der Waals surface area (Å²) in [5, 5.41) is 9.86. The molecule has 0 aliphatic rings. The Labute approximate surface area is 268 Å². The summed E-state index contributed by atoms with van der Waals surface area (Å²) in [6.45, 7) is 0. The van der Waals surface area contributed by atoms with Crippen LogP contribution in [0.4, 0.5) is 34.1 Å². The van der Waals surface area contributed by atoms with Gasteiger partial charge in [-0.25, -0.2) is 0 Å². The maximum Gasteiger partial charge on any atom is 0.119 e. The Bertz CT molecular complexity index is 1740. The third-order valence-corrected chi connectivity index (χ3v) is 8.25. The van der Waals surface area contributed by atoms with Crippen molar-refractivity contribution in [3.8, 4) is 22.6 Å². The average molecular weight is 692 g/mol. The molecule has 6 heteroatoms. The lowest BCUT2D eigenvalue weighted by atomic mass is 10.0.